The van der Waals surface area contributed by atoms with Crippen molar-refractivity contribution >= 4 is 5.91 Å². The Kier molecular flexibility index (Phi) is 4.20. The monoisotopic (exact) mass is 209 g/mol. The Morgan fingerprint density at radius 2 is 2.40 bits per heavy atom. The van der Waals surface area contributed by atoms with Crippen molar-refractivity contribution in [1.82, 2.24) is 9.88 Å². The number of nitrogens with two attached hydrogens (primary N) is 1. The maximum Gasteiger partial charge on any atom is 0.241 e. The zero-order chi connectivity index (χ0) is 11.3. The van der Waals surface area contributed by atoms with Gasteiger partial charge in [0.1, 0.15) is 6.04 Å². The lowest BCUT2D eigenvalue weighted by Gasteiger charge is -2.19. The molecule has 1 rings (SSSR count). The minimum Gasteiger partial charge on any atom is -0.394 e. The van der Waals surface area contributed by atoms with Crippen molar-refractivity contribution in [3.8, 4) is 0 Å². The van der Waals surface area contributed by atoms with Crippen LogP contribution in [-0.2, 0) is 11.3 Å². The van der Waals surface area contributed by atoms with Crippen LogP contribution in [0.5, 0.6) is 0 Å². The predicted molar refractivity (Wildman–Crippen MR) is 55.8 cm³/mol. The highest BCUT2D eigenvalue weighted by Gasteiger charge is 2.17. The summed E-state index contributed by atoms with van der Waals surface area (Å²) in [6.07, 6.45) is 1.67. The zero-order valence-electron chi connectivity index (χ0n) is 8.63. The van der Waals surface area contributed by atoms with Gasteiger partial charge in [0.15, 0.2) is 0 Å². The summed E-state index contributed by atoms with van der Waals surface area (Å²) in [7, 11) is 1.63. The first-order valence-corrected chi connectivity index (χ1v) is 4.66. The fourth-order valence-corrected chi connectivity index (χ4v) is 1.17. The highest BCUT2D eigenvalue weighted by atomic mass is 16.3. The third kappa shape index (κ3) is 3.30. The van der Waals surface area contributed by atoms with E-state index in [0.717, 1.165) is 5.69 Å². The standard InChI is InChI=1S/C10H15N3O2/c1-13(10(15)9(11)7-14)6-8-4-2-3-5-12-8/h2-5,9,14H,6-7,11H2,1H3. The van der Waals surface area contributed by atoms with E-state index in [4.69, 9.17) is 10.8 Å². The van der Waals surface area contributed by atoms with Crippen LogP contribution in [0.25, 0.3) is 0 Å². The van der Waals surface area contributed by atoms with Gasteiger partial charge in [-0.2, -0.15) is 0 Å². The van der Waals surface area contributed by atoms with Gasteiger partial charge in [-0.3, -0.25) is 9.78 Å². The van der Waals surface area contributed by atoms with Crippen molar-refractivity contribution in [2.24, 2.45) is 5.73 Å². The molecule has 1 amide bonds. The van der Waals surface area contributed by atoms with Gasteiger partial charge < -0.3 is 15.7 Å². The second-order valence-electron chi connectivity index (χ2n) is 3.30. The van der Waals surface area contributed by atoms with Crippen molar-refractivity contribution in [3.63, 3.8) is 0 Å². The summed E-state index contributed by atoms with van der Waals surface area (Å²) in [5, 5.41) is 8.73. The Hall–Kier alpha value is -1.46. The van der Waals surface area contributed by atoms with E-state index in [1.165, 1.54) is 4.90 Å². The molecule has 0 radical (unpaired) electrons. The van der Waals surface area contributed by atoms with Crippen molar-refractivity contribution in [2.75, 3.05) is 13.7 Å². The molecule has 1 heterocycles. The molecule has 15 heavy (non-hydrogen) atoms. The molecular weight excluding hydrogens is 194 g/mol. The van der Waals surface area contributed by atoms with Crippen LogP contribution < -0.4 is 5.73 Å². The number of likely N-dealkylation sites (N-methyl/N-ethyl adjacent to an activating group) is 1. The van der Waals surface area contributed by atoms with E-state index in [2.05, 4.69) is 4.98 Å². The Bertz CT molecular complexity index is 316. The lowest BCUT2D eigenvalue weighted by Crippen LogP contribution is -2.43. The molecule has 1 aromatic heterocycles. The quantitative estimate of drug-likeness (QED) is 0.691. The third-order valence-electron chi connectivity index (χ3n) is 2.02. The van der Waals surface area contributed by atoms with E-state index < -0.39 is 6.04 Å². The van der Waals surface area contributed by atoms with E-state index in [9.17, 15) is 4.79 Å². The Labute approximate surface area is 88.5 Å². The van der Waals surface area contributed by atoms with Crippen LogP contribution >= 0.6 is 0 Å². The molecule has 1 atom stereocenters. The van der Waals surface area contributed by atoms with Gasteiger partial charge in [-0.15, -0.1) is 0 Å². The molecule has 82 valence electrons. The molecule has 5 nitrogen and oxygen atoms in total. The fourth-order valence-electron chi connectivity index (χ4n) is 1.17. The minimum absolute atomic E-state index is 0.289. The maximum atomic E-state index is 11.5. The number of amides is 1. The molecule has 0 bridgehead atoms. The van der Waals surface area contributed by atoms with Crippen molar-refractivity contribution in [3.05, 3.63) is 30.1 Å². The molecular formula is C10H15N3O2. The summed E-state index contributed by atoms with van der Waals surface area (Å²) in [6.45, 7) is 0.0543. The van der Waals surface area contributed by atoms with E-state index in [1.807, 2.05) is 18.2 Å². The summed E-state index contributed by atoms with van der Waals surface area (Å²) in [5.41, 5.74) is 6.20. The molecule has 0 aliphatic carbocycles. The summed E-state index contributed by atoms with van der Waals surface area (Å²) >= 11 is 0. The molecule has 3 N–H and O–H groups in total. The second-order valence-corrected chi connectivity index (χ2v) is 3.30. The lowest BCUT2D eigenvalue weighted by atomic mass is 10.2. The average Bonchev–Trinajstić information content (AvgIpc) is 2.28. The number of carbonyl (C=O) groups is 1. The molecule has 0 aliphatic rings. The fraction of sp³-hybridized carbons (Fsp3) is 0.400. The van der Waals surface area contributed by atoms with E-state index in [1.54, 1.807) is 13.2 Å². The first-order valence-electron chi connectivity index (χ1n) is 4.66. The smallest absolute Gasteiger partial charge is 0.241 e. The zero-order valence-corrected chi connectivity index (χ0v) is 8.63. The predicted octanol–water partition coefficient (Wildman–Crippen LogP) is -0.640. The average molecular weight is 209 g/mol. The SMILES string of the molecule is CN(Cc1ccccn1)C(=O)C(N)CO. The number of hydrogen-bond donors (Lipinski definition) is 2. The molecule has 0 saturated carbocycles. The van der Waals surface area contributed by atoms with Gasteiger partial charge in [0, 0.05) is 13.2 Å². The molecule has 0 spiro atoms. The number of aromatic nitrogens is 1. The lowest BCUT2D eigenvalue weighted by molar-refractivity contribution is -0.132. The van der Waals surface area contributed by atoms with Gasteiger partial charge >= 0.3 is 0 Å². The number of aliphatic hydroxyl groups is 1. The van der Waals surface area contributed by atoms with Crippen molar-refractivity contribution in [2.45, 2.75) is 12.6 Å². The molecule has 1 unspecified atom stereocenters. The summed E-state index contributed by atoms with van der Waals surface area (Å²) in [4.78, 5) is 17.0. The molecule has 0 aliphatic heterocycles. The Morgan fingerprint density at radius 3 is 2.93 bits per heavy atom. The van der Waals surface area contributed by atoms with Crippen LogP contribution in [0.2, 0.25) is 0 Å². The maximum absolute atomic E-state index is 11.5. The minimum atomic E-state index is -0.848. The van der Waals surface area contributed by atoms with E-state index >= 15 is 0 Å². The molecule has 0 fully saturated rings. The molecule has 0 saturated heterocycles. The van der Waals surface area contributed by atoms with Crippen molar-refractivity contribution < 1.29 is 9.90 Å². The number of rotatable bonds is 4. The number of hydrogen-bond acceptors (Lipinski definition) is 4. The van der Waals surface area contributed by atoms with Crippen LogP contribution in [-0.4, -0.2) is 40.6 Å². The van der Waals surface area contributed by atoms with Crippen molar-refractivity contribution in [1.29, 1.82) is 0 Å². The number of nitrogens with zero attached hydrogens (tertiary/aromatic N) is 2. The van der Waals surface area contributed by atoms with Crippen LogP contribution in [0.1, 0.15) is 5.69 Å². The molecule has 1 aromatic rings. The van der Waals surface area contributed by atoms with E-state index in [0.29, 0.717) is 6.54 Å². The van der Waals surface area contributed by atoms with Crippen LogP contribution in [0.4, 0.5) is 0 Å². The van der Waals surface area contributed by atoms with Gasteiger partial charge in [0.2, 0.25) is 5.91 Å². The topological polar surface area (TPSA) is 79.5 Å². The van der Waals surface area contributed by atoms with Crippen LogP contribution in [0.15, 0.2) is 24.4 Å². The Morgan fingerprint density at radius 1 is 1.67 bits per heavy atom. The molecule has 5 heteroatoms. The second kappa shape index (κ2) is 5.43. The third-order valence-corrected chi connectivity index (χ3v) is 2.02. The molecule has 0 aromatic carbocycles. The van der Waals surface area contributed by atoms with Gasteiger partial charge in [0.05, 0.1) is 18.8 Å². The highest BCUT2D eigenvalue weighted by Crippen LogP contribution is 2.00. The van der Waals surface area contributed by atoms with Gasteiger partial charge in [0.25, 0.3) is 0 Å². The first-order chi connectivity index (χ1) is 7.15. The van der Waals surface area contributed by atoms with E-state index in [-0.39, 0.29) is 12.5 Å². The number of carbonyl (C=O) groups excluding carboxylic acids is 1. The van der Waals surface area contributed by atoms with Crippen LogP contribution in [0.3, 0.4) is 0 Å². The summed E-state index contributed by atoms with van der Waals surface area (Å²) in [5.74, 6) is -0.289. The van der Waals surface area contributed by atoms with Crippen LogP contribution in [0, 0.1) is 0 Å². The summed E-state index contributed by atoms with van der Waals surface area (Å²) in [6, 6.07) is 4.64. The van der Waals surface area contributed by atoms with Gasteiger partial charge in [-0.1, -0.05) is 6.07 Å². The van der Waals surface area contributed by atoms with Gasteiger partial charge in [-0.25, -0.2) is 0 Å². The normalized spacial score (nSPS) is 12.2. The first kappa shape index (κ1) is 11.6. The summed E-state index contributed by atoms with van der Waals surface area (Å²) < 4.78 is 0. The van der Waals surface area contributed by atoms with Gasteiger partial charge in [-0.05, 0) is 12.1 Å². The largest absolute Gasteiger partial charge is 0.394 e. The Balaban J connectivity index is 2.56. The highest BCUT2D eigenvalue weighted by molar-refractivity contribution is 5.81. The number of aliphatic hydroxyl groups excluding tert-OH is 1. The number of pyridine rings is 1.